The number of hydrogen-bond donors (Lipinski definition) is 0. The minimum atomic E-state index is 0.0359. The third-order valence-electron chi connectivity index (χ3n) is 3.16. The van der Waals surface area contributed by atoms with E-state index < -0.39 is 0 Å². The summed E-state index contributed by atoms with van der Waals surface area (Å²) >= 11 is 1.49. The predicted molar refractivity (Wildman–Crippen MR) is 71.0 cm³/mol. The summed E-state index contributed by atoms with van der Waals surface area (Å²) in [6, 6.07) is 3.85. The Hall–Kier alpha value is -1.89. The van der Waals surface area contributed by atoms with Crippen LogP contribution in [0.3, 0.4) is 0 Å². The number of carbonyl (C=O) groups excluding carboxylic acids is 1. The van der Waals surface area contributed by atoms with E-state index in [0.717, 1.165) is 5.03 Å². The van der Waals surface area contributed by atoms with Crippen LogP contribution in [0.2, 0.25) is 0 Å². The molecule has 1 aliphatic rings. The maximum atomic E-state index is 12.3. The number of hydrogen-bond acceptors (Lipinski definition) is 5. The van der Waals surface area contributed by atoms with E-state index in [9.17, 15) is 4.79 Å². The summed E-state index contributed by atoms with van der Waals surface area (Å²) in [5.41, 5.74) is 0.673. The summed E-state index contributed by atoms with van der Waals surface area (Å²) in [5.74, 6) is 0.0359. The van der Waals surface area contributed by atoms with E-state index in [0.29, 0.717) is 18.7 Å². The molecule has 0 unspecified atom stereocenters. The van der Waals surface area contributed by atoms with Gasteiger partial charge in [0, 0.05) is 25.5 Å². The largest absolute Gasteiger partial charge is 0.334 e. The van der Waals surface area contributed by atoms with Crippen LogP contribution in [0, 0.1) is 0 Å². The lowest BCUT2D eigenvalue weighted by Crippen LogP contribution is -2.51. The number of pyridine rings is 1. The van der Waals surface area contributed by atoms with Crippen molar-refractivity contribution in [1.29, 1.82) is 0 Å². The summed E-state index contributed by atoms with van der Waals surface area (Å²) in [7, 11) is 0. The summed E-state index contributed by atoms with van der Waals surface area (Å²) in [4.78, 5) is 18.4. The molecule has 7 heteroatoms. The summed E-state index contributed by atoms with van der Waals surface area (Å²) in [6.45, 7) is 1.34. The van der Waals surface area contributed by atoms with Crippen LogP contribution in [0.25, 0.3) is 0 Å². The molecule has 0 bridgehead atoms. The van der Waals surface area contributed by atoms with Crippen LogP contribution in [-0.2, 0) is 0 Å². The molecule has 0 N–H and O–H groups in total. The highest BCUT2D eigenvalue weighted by atomic mass is 32.2. The zero-order valence-corrected chi connectivity index (χ0v) is 11.2. The Kier molecular flexibility index (Phi) is 3.20. The zero-order chi connectivity index (χ0) is 13.2. The average Bonchev–Trinajstić information content (AvgIpc) is 2.90. The first-order valence-corrected chi connectivity index (χ1v) is 7.16. The molecule has 98 valence electrons. The van der Waals surface area contributed by atoms with Crippen LogP contribution in [0.15, 0.2) is 35.7 Å². The van der Waals surface area contributed by atoms with Gasteiger partial charge in [-0.05, 0) is 18.4 Å². The lowest BCUT2D eigenvalue weighted by Gasteiger charge is -2.39. The molecular formula is C12H13N5OS. The second-order valence-electron chi connectivity index (χ2n) is 4.31. The molecule has 1 fully saturated rings. The van der Waals surface area contributed by atoms with Gasteiger partial charge in [0.25, 0.3) is 5.91 Å². The normalized spacial score (nSPS) is 15.3. The lowest BCUT2D eigenvalue weighted by atomic mass is 10.1. The molecule has 0 spiro atoms. The first kappa shape index (κ1) is 12.2. The Balaban J connectivity index is 1.70. The summed E-state index contributed by atoms with van der Waals surface area (Å²) in [6.07, 6.45) is 7.10. The number of carbonyl (C=O) groups is 1. The average molecular weight is 275 g/mol. The van der Waals surface area contributed by atoms with E-state index in [1.165, 1.54) is 11.8 Å². The molecule has 3 rings (SSSR count). The molecule has 3 heterocycles. The van der Waals surface area contributed by atoms with Gasteiger partial charge in [-0.2, -0.15) is 0 Å². The molecule has 2 aromatic rings. The van der Waals surface area contributed by atoms with Crippen LogP contribution in [0.1, 0.15) is 16.4 Å². The third-order valence-corrected chi connectivity index (χ3v) is 3.87. The Labute approximate surface area is 114 Å². The Bertz CT molecular complexity index is 580. The molecule has 0 aliphatic carbocycles. The number of rotatable bonds is 3. The predicted octanol–water partition coefficient (Wildman–Crippen LogP) is 1.09. The molecule has 0 radical (unpaired) electrons. The number of thioether (sulfide) groups is 1. The highest BCUT2D eigenvalue weighted by Crippen LogP contribution is 2.25. The van der Waals surface area contributed by atoms with Crippen LogP contribution in [0.4, 0.5) is 0 Å². The van der Waals surface area contributed by atoms with Gasteiger partial charge in [-0.25, -0.2) is 9.67 Å². The molecule has 2 aromatic heterocycles. The molecule has 19 heavy (non-hydrogen) atoms. The van der Waals surface area contributed by atoms with E-state index in [2.05, 4.69) is 15.3 Å². The smallest absolute Gasteiger partial charge is 0.256 e. The second kappa shape index (κ2) is 5.00. The molecule has 1 amide bonds. The molecule has 0 aromatic carbocycles. The highest BCUT2D eigenvalue weighted by Gasteiger charge is 2.33. The topological polar surface area (TPSA) is 63.9 Å². The summed E-state index contributed by atoms with van der Waals surface area (Å²) in [5, 5.41) is 8.50. The molecule has 1 aliphatic heterocycles. The van der Waals surface area contributed by atoms with Gasteiger partial charge in [-0.15, -0.1) is 16.9 Å². The number of likely N-dealkylation sites (tertiary alicyclic amines) is 1. The fourth-order valence-corrected chi connectivity index (χ4v) is 2.63. The van der Waals surface area contributed by atoms with E-state index in [1.807, 2.05) is 23.4 Å². The Morgan fingerprint density at radius 3 is 2.95 bits per heavy atom. The van der Waals surface area contributed by atoms with Crippen molar-refractivity contribution in [3.8, 4) is 0 Å². The van der Waals surface area contributed by atoms with Gasteiger partial charge in [0.05, 0.1) is 17.8 Å². The Morgan fingerprint density at radius 1 is 1.42 bits per heavy atom. The number of nitrogens with zero attached hydrogens (tertiary/aromatic N) is 5. The monoisotopic (exact) mass is 275 g/mol. The van der Waals surface area contributed by atoms with E-state index >= 15 is 0 Å². The van der Waals surface area contributed by atoms with Crippen molar-refractivity contribution >= 4 is 17.7 Å². The van der Waals surface area contributed by atoms with Gasteiger partial charge in [0.2, 0.25) is 0 Å². The van der Waals surface area contributed by atoms with Crippen molar-refractivity contribution in [1.82, 2.24) is 24.9 Å². The van der Waals surface area contributed by atoms with Crippen LogP contribution >= 0.6 is 11.8 Å². The van der Waals surface area contributed by atoms with Crippen molar-refractivity contribution in [3.05, 3.63) is 36.3 Å². The van der Waals surface area contributed by atoms with Crippen LogP contribution in [-0.4, -0.2) is 50.1 Å². The number of aromatic nitrogens is 4. The van der Waals surface area contributed by atoms with E-state index in [4.69, 9.17) is 0 Å². The zero-order valence-electron chi connectivity index (χ0n) is 10.4. The fraction of sp³-hybridized carbons (Fsp3) is 0.333. The van der Waals surface area contributed by atoms with Gasteiger partial charge >= 0.3 is 0 Å². The molecule has 1 saturated heterocycles. The van der Waals surface area contributed by atoms with E-state index in [1.54, 1.807) is 23.1 Å². The fourth-order valence-electron chi connectivity index (χ4n) is 2.09. The van der Waals surface area contributed by atoms with Gasteiger partial charge in [-0.3, -0.25) is 4.79 Å². The van der Waals surface area contributed by atoms with Crippen LogP contribution in [0.5, 0.6) is 0 Å². The lowest BCUT2D eigenvalue weighted by molar-refractivity contribution is 0.0494. The highest BCUT2D eigenvalue weighted by molar-refractivity contribution is 7.98. The molecule has 0 saturated carbocycles. The van der Waals surface area contributed by atoms with Gasteiger partial charge in [-0.1, -0.05) is 5.21 Å². The van der Waals surface area contributed by atoms with Crippen molar-refractivity contribution < 1.29 is 4.79 Å². The first-order chi connectivity index (χ1) is 9.29. The van der Waals surface area contributed by atoms with Gasteiger partial charge < -0.3 is 4.90 Å². The van der Waals surface area contributed by atoms with Gasteiger partial charge in [0.15, 0.2) is 0 Å². The second-order valence-corrected chi connectivity index (χ2v) is 5.10. The third kappa shape index (κ3) is 2.21. The van der Waals surface area contributed by atoms with Gasteiger partial charge in [0.1, 0.15) is 5.03 Å². The van der Waals surface area contributed by atoms with Crippen LogP contribution < -0.4 is 0 Å². The van der Waals surface area contributed by atoms with Crippen molar-refractivity contribution in [3.63, 3.8) is 0 Å². The van der Waals surface area contributed by atoms with E-state index in [-0.39, 0.29) is 11.9 Å². The molecule has 6 nitrogen and oxygen atoms in total. The standard InChI is InChI=1S/C12H13N5OS/c1-19-11-10(3-2-4-13-11)12(18)16-7-9(8-16)17-6-5-14-15-17/h2-6,9H,7-8H2,1H3. The SMILES string of the molecule is CSc1ncccc1C(=O)N1CC(n2ccnn2)C1. The minimum absolute atomic E-state index is 0.0359. The molecular weight excluding hydrogens is 262 g/mol. The summed E-state index contributed by atoms with van der Waals surface area (Å²) < 4.78 is 1.79. The quantitative estimate of drug-likeness (QED) is 0.785. The molecule has 0 atom stereocenters. The number of amides is 1. The Morgan fingerprint density at radius 2 is 2.26 bits per heavy atom. The maximum absolute atomic E-state index is 12.3. The maximum Gasteiger partial charge on any atom is 0.256 e. The van der Waals surface area contributed by atoms with Crippen molar-refractivity contribution in [2.24, 2.45) is 0 Å². The minimum Gasteiger partial charge on any atom is -0.334 e. The first-order valence-electron chi connectivity index (χ1n) is 5.93. The van der Waals surface area contributed by atoms with Crippen molar-refractivity contribution in [2.45, 2.75) is 11.1 Å². The van der Waals surface area contributed by atoms with Crippen molar-refractivity contribution in [2.75, 3.05) is 19.3 Å².